The number of nitrogens with zero attached hydrogens (tertiary/aromatic N) is 3. The molecule has 3 fully saturated rings. The summed E-state index contributed by atoms with van der Waals surface area (Å²) in [6.45, 7) is -0.896. The second-order valence-corrected chi connectivity index (χ2v) is 11.4. The lowest BCUT2D eigenvalue weighted by Crippen LogP contribution is -2.56. The Balaban J connectivity index is 1.39. The van der Waals surface area contributed by atoms with Gasteiger partial charge in [0.05, 0.1) is 16.2 Å². The van der Waals surface area contributed by atoms with Gasteiger partial charge in [-0.15, -0.1) is 0 Å². The Kier molecular flexibility index (Phi) is 5.29. The van der Waals surface area contributed by atoms with E-state index in [0.717, 1.165) is 34.1 Å². The number of anilines is 1. The first-order chi connectivity index (χ1) is 17.5. The summed E-state index contributed by atoms with van der Waals surface area (Å²) < 4.78 is 106. The van der Waals surface area contributed by atoms with Gasteiger partial charge in [0, 0.05) is 18.7 Å². The average molecular weight is 542 g/mol. The van der Waals surface area contributed by atoms with Gasteiger partial charge in [-0.3, -0.25) is 4.90 Å². The number of urea groups is 1. The molecule has 2 atom stereocenters. The summed E-state index contributed by atoms with van der Waals surface area (Å²) in [5, 5.41) is 2.89. The van der Waals surface area contributed by atoms with Crippen LogP contribution in [-0.4, -0.2) is 60.9 Å². The van der Waals surface area contributed by atoms with Crippen LogP contribution in [0.2, 0.25) is 0 Å². The summed E-state index contributed by atoms with van der Waals surface area (Å²) >= 11 is 0. The van der Waals surface area contributed by atoms with E-state index in [1.807, 2.05) is 0 Å². The number of amides is 2. The van der Waals surface area contributed by atoms with Crippen LogP contribution in [0, 0.1) is 17.5 Å². The lowest BCUT2D eigenvalue weighted by Gasteiger charge is -2.37. The Hall–Kier alpha value is -3.26. The molecule has 3 aromatic rings. The number of sulfonamides is 1. The van der Waals surface area contributed by atoms with E-state index in [1.54, 1.807) is 0 Å². The summed E-state index contributed by atoms with van der Waals surface area (Å²) in [6.07, 6.45) is 0.496. The molecule has 0 bridgehead atoms. The van der Waals surface area contributed by atoms with Gasteiger partial charge in [-0.05, 0) is 43.5 Å². The highest BCUT2D eigenvalue weighted by molar-refractivity contribution is 7.90. The van der Waals surface area contributed by atoms with Crippen LogP contribution in [0.25, 0.3) is 22.1 Å². The fourth-order valence-electron chi connectivity index (χ4n) is 5.09. The summed E-state index contributed by atoms with van der Waals surface area (Å²) in [4.78, 5) is 15.2. The summed E-state index contributed by atoms with van der Waals surface area (Å²) in [6, 6.07) is 0.755. The molecule has 2 amide bonds. The molecule has 1 saturated carbocycles. The van der Waals surface area contributed by atoms with Crippen molar-refractivity contribution in [3.05, 3.63) is 47.8 Å². The predicted molar refractivity (Wildman–Crippen MR) is 121 cm³/mol. The number of nitrogens with one attached hydrogen (secondary N) is 1. The molecule has 1 aromatic heterocycles. The number of carbonyl (C=O) groups is 1. The van der Waals surface area contributed by atoms with E-state index in [4.69, 9.17) is 4.52 Å². The van der Waals surface area contributed by atoms with E-state index >= 15 is 13.2 Å². The molecule has 2 aliphatic heterocycles. The molecule has 0 radical (unpaired) electrons. The van der Waals surface area contributed by atoms with Gasteiger partial charge in [0.15, 0.2) is 11.4 Å². The first kappa shape index (κ1) is 24.1. The zero-order valence-electron chi connectivity index (χ0n) is 18.9. The molecule has 6 rings (SSSR count). The molecule has 3 heterocycles. The van der Waals surface area contributed by atoms with Crippen molar-refractivity contribution in [1.82, 2.24) is 14.8 Å². The van der Waals surface area contributed by atoms with Crippen molar-refractivity contribution < 1.29 is 39.7 Å². The zero-order chi connectivity index (χ0) is 26.3. The Morgan fingerprint density at radius 1 is 1.00 bits per heavy atom. The van der Waals surface area contributed by atoms with Gasteiger partial charge < -0.3 is 9.42 Å². The van der Waals surface area contributed by atoms with E-state index < -0.39 is 74.4 Å². The highest BCUT2D eigenvalue weighted by atomic mass is 32.2. The molecule has 37 heavy (non-hydrogen) atoms. The van der Waals surface area contributed by atoms with Crippen molar-refractivity contribution in [3.8, 4) is 11.1 Å². The third kappa shape index (κ3) is 3.68. The number of hydrogen-bond donors (Lipinski definition) is 1. The van der Waals surface area contributed by atoms with E-state index in [0.29, 0.717) is 12.8 Å². The molecule has 2 saturated heterocycles. The Morgan fingerprint density at radius 3 is 2.35 bits per heavy atom. The zero-order valence-corrected chi connectivity index (χ0v) is 19.7. The topological polar surface area (TPSA) is 95.8 Å². The number of carbonyl (C=O) groups excluding carboxylic acids is 1. The second-order valence-electron chi connectivity index (χ2n) is 9.38. The maximum Gasteiger partial charge on any atom is 0.326 e. The van der Waals surface area contributed by atoms with Gasteiger partial charge in [-0.2, -0.15) is 0 Å². The van der Waals surface area contributed by atoms with Crippen LogP contribution in [0.4, 0.5) is 32.6 Å². The highest BCUT2D eigenvalue weighted by Crippen LogP contribution is 2.44. The van der Waals surface area contributed by atoms with Crippen molar-refractivity contribution >= 4 is 32.8 Å². The molecule has 14 heteroatoms. The number of hydrogen-bond acceptors (Lipinski definition) is 5. The lowest BCUT2D eigenvalue weighted by atomic mass is 9.99. The van der Waals surface area contributed by atoms with E-state index in [-0.39, 0.29) is 29.8 Å². The third-order valence-electron chi connectivity index (χ3n) is 7.08. The summed E-state index contributed by atoms with van der Waals surface area (Å²) in [7, 11) is -3.96. The number of fused-ring (bicyclic) bond motifs is 2. The Labute approximate surface area is 207 Å². The molecule has 2 aromatic carbocycles. The highest BCUT2D eigenvalue weighted by Gasteiger charge is 2.61. The van der Waals surface area contributed by atoms with Crippen molar-refractivity contribution in [3.63, 3.8) is 0 Å². The van der Waals surface area contributed by atoms with Crippen LogP contribution >= 0.6 is 0 Å². The summed E-state index contributed by atoms with van der Waals surface area (Å²) in [5.74, 6) is -6.96. The van der Waals surface area contributed by atoms with Crippen LogP contribution < -0.4 is 9.62 Å². The molecule has 0 spiro atoms. The van der Waals surface area contributed by atoms with Crippen LogP contribution in [0.1, 0.15) is 19.3 Å². The molecule has 1 aliphatic carbocycles. The quantitative estimate of drug-likeness (QED) is 0.492. The van der Waals surface area contributed by atoms with Crippen molar-refractivity contribution in [1.29, 1.82) is 0 Å². The standard InChI is InChI=1S/C23H19F5N4O4S/c24-12-2-1-3-13(25)18(12)19-14(26)6-7-15-20(19)21(29-36-15)31-9-8-17-23(27,28)16(10-32(17)22(31)33)30-37(34,35)11-4-5-11/h1-3,6-7,11,16-17,30H,4-5,8-10H2/t16-,17-/m1/s1. The smallest absolute Gasteiger partial charge is 0.326 e. The summed E-state index contributed by atoms with van der Waals surface area (Å²) in [5.41, 5.74) is -1.30. The molecular formula is C23H19F5N4O4S. The first-order valence-corrected chi connectivity index (χ1v) is 13.0. The second kappa shape index (κ2) is 8.12. The minimum absolute atomic E-state index is 0.0780. The number of benzene rings is 2. The minimum atomic E-state index is -3.96. The van der Waals surface area contributed by atoms with E-state index in [2.05, 4.69) is 9.88 Å². The van der Waals surface area contributed by atoms with Gasteiger partial charge >= 0.3 is 6.03 Å². The number of alkyl halides is 2. The van der Waals surface area contributed by atoms with Gasteiger partial charge in [-0.1, -0.05) is 11.2 Å². The monoisotopic (exact) mass is 542 g/mol. The fraction of sp³-hybridized carbons (Fsp3) is 0.391. The molecule has 196 valence electrons. The maximum atomic E-state index is 15.2. The SMILES string of the molecule is O=C1N(c2noc3ccc(F)c(-c4c(F)cccc4F)c23)CC[C@H]2N1C[C@@H](NS(=O)(=O)C1CC1)C2(F)F. The Morgan fingerprint density at radius 2 is 1.68 bits per heavy atom. The molecule has 1 N–H and O–H groups in total. The van der Waals surface area contributed by atoms with Crippen LogP contribution in [-0.2, 0) is 10.0 Å². The maximum absolute atomic E-state index is 15.2. The fourth-order valence-corrected chi connectivity index (χ4v) is 6.67. The molecule has 3 aliphatic rings. The average Bonchev–Trinajstić information content (AvgIpc) is 3.57. The lowest BCUT2D eigenvalue weighted by molar-refractivity contribution is -0.0448. The van der Waals surface area contributed by atoms with E-state index in [1.165, 1.54) is 6.07 Å². The largest absolute Gasteiger partial charge is 0.354 e. The molecule has 8 nitrogen and oxygen atoms in total. The molecular weight excluding hydrogens is 523 g/mol. The van der Waals surface area contributed by atoms with Gasteiger partial charge in [-0.25, -0.2) is 39.9 Å². The normalized spacial score (nSPS) is 23.6. The number of aromatic nitrogens is 1. The van der Waals surface area contributed by atoms with Crippen molar-refractivity contribution in [2.24, 2.45) is 0 Å². The van der Waals surface area contributed by atoms with Crippen LogP contribution in [0.5, 0.6) is 0 Å². The van der Waals surface area contributed by atoms with Gasteiger partial charge in [0.2, 0.25) is 10.0 Å². The van der Waals surface area contributed by atoms with Gasteiger partial charge in [0.1, 0.15) is 29.5 Å². The first-order valence-electron chi connectivity index (χ1n) is 11.5. The number of rotatable bonds is 5. The molecule has 0 unspecified atom stereocenters. The number of halogens is 5. The third-order valence-corrected chi connectivity index (χ3v) is 9.04. The van der Waals surface area contributed by atoms with E-state index in [9.17, 15) is 22.0 Å². The van der Waals surface area contributed by atoms with Crippen molar-refractivity contribution in [2.75, 3.05) is 18.0 Å². The van der Waals surface area contributed by atoms with Crippen LogP contribution in [0.3, 0.4) is 0 Å². The van der Waals surface area contributed by atoms with Crippen LogP contribution in [0.15, 0.2) is 34.9 Å². The van der Waals surface area contributed by atoms with Gasteiger partial charge in [0.25, 0.3) is 5.92 Å². The Bertz CT molecular complexity index is 1520. The van der Waals surface area contributed by atoms with Crippen molar-refractivity contribution in [2.45, 2.75) is 42.5 Å². The minimum Gasteiger partial charge on any atom is -0.354 e. The predicted octanol–water partition coefficient (Wildman–Crippen LogP) is 4.01.